The molecule has 1 amide bonds. The number of anilines is 1. The van der Waals surface area contributed by atoms with Crippen molar-refractivity contribution in [2.75, 3.05) is 32.1 Å². The van der Waals surface area contributed by atoms with Gasteiger partial charge in [0.15, 0.2) is 0 Å². The van der Waals surface area contributed by atoms with E-state index in [0.717, 1.165) is 23.7 Å². The summed E-state index contributed by atoms with van der Waals surface area (Å²) in [6.07, 6.45) is 1.63. The van der Waals surface area contributed by atoms with Gasteiger partial charge in [-0.1, -0.05) is 13.8 Å². The first-order valence-electron chi connectivity index (χ1n) is 8.33. The van der Waals surface area contributed by atoms with Crippen molar-refractivity contribution < 1.29 is 14.3 Å². The van der Waals surface area contributed by atoms with Gasteiger partial charge in [0, 0.05) is 18.4 Å². The minimum Gasteiger partial charge on any atom is -0.497 e. The molecule has 0 unspecified atom stereocenters. The standard InChI is InChI=1S/C19H25N3O3/c1-14(2)13-22-15-8-9-20-18(12-15)19(23)21-10-11-25-17-6-4-16(24-3)5-7-17/h4-9,12,14H,10-11,13H2,1-3H3,(H,20,22)(H,21,23). The molecule has 0 saturated carbocycles. The molecule has 6 heteroatoms. The molecule has 0 aliphatic carbocycles. The Morgan fingerprint density at radius 2 is 1.88 bits per heavy atom. The molecule has 0 radical (unpaired) electrons. The number of nitrogens with one attached hydrogen (secondary N) is 2. The molecule has 0 aliphatic rings. The third-order valence-electron chi connectivity index (χ3n) is 3.42. The smallest absolute Gasteiger partial charge is 0.270 e. The molecule has 0 spiro atoms. The highest BCUT2D eigenvalue weighted by Crippen LogP contribution is 2.16. The number of hydrogen-bond acceptors (Lipinski definition) is 5. The molecule has 1 aromatic carbocycles. The average Bonchev–Trinajstić information content (AvgIpc) is 2.64. The number of carbonyl (C=O) groups is 1. The van der Waals surface area contributed by atoms with E-state index < -0.39 is 0 Å². The SMILES string of the molecule is COc1ccc(OCCNC(=O)c2cc(NCC(C)C)ccn2)cc1. The van der Waals surface area contributed by atoms with Gasteiger partial charge < -0.3 is 20.1 Å². The number of pyridine rings is 1. The summed E-state index contributed by atoms with van der Waals surface area (Å²) in [5, 5.41) is 6.09. The number of hydrogen-bond donors (Lipinski definition) is 2. The Bertz CT molecular complexity index is 672. The van der Waals surface area contributed by atoms with Crippen LogP contribution in [0, 0.1) is 5.92 Å². The van der Waals surface area contributed by atoms with Crippen LogP contribution < -0.4 is 20.1 Å². The van der Waals surface area contributed by atoms with Crippen molar-refractivity contribution in [1.82, 2.24) is 10.3 Å². The van der Waals surface area contributed by atoms with Crippen molar-refractivity contribution in [3.05, 3.63) is 48.3 Å². The van der Waals surface area contributed by atoms with E-state index in [1.165, 1.54) is 0 Å². The molecule has 0 aliphatic heterocycles. The van der Waals surface area contributed by atoms with E-state index in [-0.39, 0.29) is 5.91 Å². The van der Waals surface area contributed by atoms with Crippen LogP contribution in [0.3, 0.4) is 0 Å². The molecule has 0 atom stereocenters. The van der Waals surface area contributed by atoms with E-state index in [9.17, 15) is 4.79 Å². The highest BCUT2D eigenvalue weighted by molar-refractivity contribution is 5.93. The van der Waals surface area contributed by atoms with E-state index in [2.05, 4.69) is 29.5 Å². The number of benzene rings is 1. The van der Waals surface area contributed by atoms with Crippen LogP contribution >= 0.6 is 0 Å². The van der Waals surface area contributed by atoms with Crippen LogP contribution in [0.25, 0.3) is 0 Å². The van der Waals surface area contributed by atoms with Gasteiger partial charge in [0.25, 0.3) is 5.91 Å². The molecule has 6 nitrogen and oxygen atoms in total. The van der Waals surface area contributed by atoms with Crippen LogP contribution in [0.5, 0.6) is 11.5 Å². The zero-order chi connectivity index (χ0) is 18.1. The van der Waals surface area contributed by atoms with E-state index in [4.69, 9.17) is 9.47 Å². The fourth-order valence-electron chi connectivity index (χ4n) is 2.08. The summed E-state index contributed by atoms with van der Waals surface area (Å²) < 4.78 is 10.7. The maximum atomic E-state index is 12.2. The van der Waals surface area contributed by atoms with Crippen molar-refractivity contribution in [3.8, 4) is 11.5 Å². The third-order valence-corrected chi connectivity index (χ3v) is 3.42. The Labute approximate surface area is 148 Å². The first kappa shape index (κ1) is 18.6. The number of aromatic nitrogens is 1. The summed E-state index contributed by atoms with van der Waals surface area (Å²) in [5.74, 6) is 1.82. The molecule has 0 fully saturated rings. The van der Waals surface area contributed by atoms with Crippen LogP contribution in [0.1, 0.15) is 24.3 Å². The lowest BCUT2D eigenvalue weighted by Crippen LogP contribution is -2.28. The van der Waals surface area contributed by atoms with E-state index >= 15 is 0 Å². The lowest BCUT2D eigenvalue weighted by Gasteiger charge is -2.10. The molecule has 2 rings (SSSR count). The maximum absolute atomic E-state index is 12.2. The number of nitrogens with zero attached hydrogens (tertiary/aromatic N) is 1. The third kappa shape index (κ3) is 6.33. The maximum Gasteiger partial charge on any atom is 0.270 e. The average molecular weight is 343 g/mol. The first-order chi connectivity index (χ1) is 12.1. The Morgan fingerprint density at radius 1 is 1.16 bits per heavy atom. The molecule has 1 heterocycles. The summed E-state index contributed by atoms with van der Waals surface area (Å²) in [4.78, 5) is 16.3. The Kier molecular flexibility index (Phi) is 7.07. The van der Waals surface area contributed by atoms with Gasteiger partial charge in [-0.2, -0.15) is 0 Å². The molecule has 2 aromatic rings. The minimum atomic E-state index is -0.216. The Balaban J connectivity index is 1.76. The van der Waals surface area contributed by atoms with Gasteiger partial charge in [-0.15, -0.1) is 0 Å². The second-order valence-electron chi connectivity index (χ2n) is 5.98. The van der Waals surface area contributed by atoms with Gasteiger partial charge in [0.05, 0.1) is 13.7 Å². The fourth-order valence-corrected chi connectivity index (χ4v) is 2.08. The second kappa shape index (κ2) is 9.52. The Hall–Kier alpha value is -2.76. The predicted octanol–water partition coefficient (Wildman–Crippen LogP) is 2.97. The second-order valence-corrected chi connectivity index (χ2v) is 5.98. The van der Waals surface area contributed by atoms with Gasteiger partial charge in [0.1, 0.15) is 23.8 Å². The summed E-state index contributed by atoms with van der Waals surface area (Å²) in [6.45, 7) is 5.88. The van der Waals surface area contributed by atoms with Crippen LogP contribution in [-0.4, -0.2) is 37.7 Å². The highest BCUT2D eigenvalue weighted by Gasteiger charge is 2.07. The monoisotopic (exact) mass is 343 g/mol. The molecule has 2 N–H and O–H groups in total. The summed E-state index contributed by atoms with van der Waals surface area (Å²) in [5.41, 5.74) is 1.28. The largest absolute Gasteiger partial charge is 0.497 e. The zero-order valence-corrected chi connectivity index (χ0v) is 14.9. The van der Waals surface area contributed by atoms with Gasteiger partial charge in [0.2, 0.25) is 0 Å². The number of methoxy groups -OCH3 is 1. The lowest BCUT2D eigenvalue weighted by atomic mass is 10.2. The summed E-state index contributed by atoms with van der Waals surface area (Å²) in [7, 11) is 1.62. The number of carbonyl (C=O) groups excluding carboxylic acids is 1. The lowest BCUT2D eigenvalue weighted by molar-refractivity contribution is 0.0942. The molecular formula is C19H25N3O3. The quantitative estimate of drug-likeness (QED) is 0.685. The van der Waals surface area contributed by atoms with Gasteiger partial charge in [-0.25, -0.2) is 0 Å². The molecule has 25 heavy (non-hydrogen) atoms. The van der Waals surface area contributed by atoms with Gasteiger partial charge in [-0.3, -0.25) is 9.78 Å². The summed E-state index contributed by atoms with van der Waals surface area (Å²) >= 11 is 0. The highest BCUT2D eigenvalue weighted by atomic mass is 16.5. The van der Waals surface area contributed by atoms with Crippen LogP contribution in [0.2, 0.25) is 0 Å². The number of rotatable bonds is 9. The molecule has 0 bridgehead atoms. The fraction of sp³-hybridized carbons (Fsp3) is 0.368. The van der Waals surface area contributed by atoms with Gasteiger partial charge in [-0.05, 0) is 42.3 Å². The molecule has 134 valence electrons. The van der Waals surface area contributed by atoms with Gasteiger partial charge >= 0.3 is 0 Å². The van der Waals surface area contributed by atoms with Crippen molar-refractivity contribution in [1.29, 1.82) is 0 Å². The van der Waals surface area contributed by atoms with Crippen molar-refractivity contribution in [2.45, 2.75) is 13.8 Å². The van der Waals surface area contributed by atoms with Crippen LogP contribution in [0.15, 0.2) is 42.6 Å². The van der Waals surface area contributed by atoms with Crippen LogP contribution in [-0.2, 0) is 0 Å². The molecular weight excluding hydrogens is 318 g/mol. The predicted molar refractivity (Wildman–Crippen MR) is 98.4 cm³/mol. The van der Waals surface area contributed by atoms with E-state index in [1.807, 2.05) is 30.3 Å². The molecule has 1 aromatic heterocycles. The van der Waals surface area contributed by atoms with Crippen molar-refractivity contribution in [3.63, 3.8) is 0 Å². The number of ether oxygens (including phenoxy) is 2. The number of amides is 1. The van der Waals surface area contributed by atoms with Crippen molar-refractivity contribution in [2.24, 2.45) is 5.92 Å². The Morgan fingerprint density at radius 3 is 2.56 bits per heavy atom. The zero-order valence-electron chi connectivity index (χ0n) is 14.9. The van der Waals surface area contributed by atoms with Crippen LogP contribution in [0.4, 0.5) is 5.69 Å². The summed E-state index contributed by atoms with van der Waals surface area (Å²) in [6, 6.07) is 10.9. The van der Waals surface area contributed by atoms with Crippen molar-refractivity contribution >= 4 is 11.6 Å². The topological polar surface area (TPSA) is 72.5 Å². The molecule has 0 saturated heterocycles. The van der Waals surface area contributed by atoms with E-state index in [1.54, 1.807) is 19.4 Å². The van der Waals surface area contributed by atoms with E-state index in [0.29, 0.717) is 24.8 Å². The first-order valence-corrected chi connectivity index (χ1v) is 8.33. The minimum absolute atomic E-state index is 0.216. The normalized spacial score (nSPS) is 10.4.